The topological polar surface area (TPSA) is 116 Å². The average Bonchev–Trinajstić information content (AvgIpc) is 2.71. The molecule has 0 aliphatic carbocycles. The van der Waals surface area contributed by atoms with Crippen LogP contribution in [0.2, 0.25) is 0 Å². The van der Waals surface area contributed by atoms with E-state index in [1.807, 2.05) is 20.8 Å². The highest BCUT2D eigenvalue weighted by molar-refractivity contribution is 7.92. The molecule has 1 aliphatic heterocycles. The molecular formula is C23H33NO8S. The number of ether oxygens (including phenoxy) is 3. The number of esters is 1. The van der Waals surface area contributed by atoms with Gasteiger partial charge in [-0.25, -0.2) is 13.2 Å². The number of hydrogen-bond donors (Lipinski definition) is 0. The minimum absolute atomic E-state index is 0.0992. The Bertz CT molecular complexity index is 942. The first-order valence-electron chi connectivity index (χ1n) is 10.9. The summed E-state index contributed by atoms with van der Waals surface area (Å²) in [4.78, 5) is 38.3. The van der Waals surface area contributed by atoms with Crippen molar-refractivity contribution in [2.45, 2.75) is 63.9 Å². The van der Waals surface area contributed by atoms with Gasteiger partial charge < -0.3 is 19.1 Å². The number of carbonyl (C=O) groups excluding carboxylic acids is 3. The first kappa shape index (κ1) is 26.6. The molecule has 1 atom stereocenters. The lowest BCUT2D eigenvalue weighted by molar-refractivity contribution is -0.142. The second-order valence-electron chi connectivity index (χ2n) is 9.00. The minimum Gasteiger partial charge on any atom is -0.490 e. The Labute approximate surface area is 195 Å². The van der Waals surface area contributed by atoms with E-state index in [2.05, 4.69) is 0 Å². The van der Waals surface area contributed by atoms with Crippen LogP contribution in [0, 0.1) is 0 Å². The molecular weight excluding hydrogens is 450 g/mol. The number of hydrogen-bond acceptors (Lipinski definition) is 8. The average molecular weight is 484 g/mol. The van der Waals surface area contributed by atoms with Crippen LogP contribution in [-0.2, 0) is 24.1 Å². The summed E-state index contributed by atoms with van der Waals surface area (Å²) in [6, 6.07) is 6.15. The zero-order valence-corrected chi connectivity index (χ0v) is 20.6. The van der Waals surface area contributed by atoms with Crippen LogP contribution in [0.1, 0.15) is 57.3 Å². The molecule has 1 aromatic carbocycles. The van der Waals surface area contributed by atoms with Crippen LogP contribution >= 0.6 is 0 Å². The van der Waals surface area contributed by atoms with Gasteiger partial charge in [0, 0.05) is 37.8 Å². The third-order valence-electron chi connectivity index (χ3n) is 5.00. The van der Waals surface area contributed by atoms with Crippen molar-refractivity contribution in [3.8, 4) is 5.75 Å². The lowest BCUT2D eigenvalue weighted by Gasteiger charge is -2.33. The van der Waals surface area contributed by atoms with E-state index in [0.717, 1.165) is 6.26 Å². The van der Waals surface area contributed by atoms with Crippen LogP contribution in [0.5, 0.6) is 5.75 Å². The van der Waals surface area contributed by atoms with Crippen molar-refractivity contribution in [2.75, 3.05) is 26.0 Å². The molecule has 0 aromatic heterocycles. The van der Waals surface area contributed by atoms with E-state index in [-0.39, 0.29) is 24.4 Å². The maximum absolute atomic E-state index is 12.8. The number of nitrogens with zero attached hydrogens (tertiary/aromatic N) is 1. The van der Waals surface area contributed by atoms with E-state index < -0.39 is 38.9 Å². The van der Waals surface area contributed by atoms with Gasteiger partial charge in [0.15, 0.2) is 15.6 Å². The van der Waals surface area contributed by atoms with E-state index in [4.69, 9.17) is 14.2 Å². The number of carbonyl (C=O) groups is 3. The van der Waals surface area contributed by atoms with Crippen LogP contribution in [0.4, 0.5) is 4.79 Å². The summed E-state index contributed by atoms with van der Waals surface area (Å²) in [7, 11) is -3.81. The number of benzene rings is 1. The van der Waals surface area contributed by atoms with E-state index in [1.165, 1.54) is 12.1 Å². The Hall–Kier alpha value is -2.62. The van der Waals surface area contributed by atoms with Gasteiger partial charge >= 0.3 is 12.1 Å². The molecule has 0 radical (unpaired) electrons. The van der Waals surface area contributed by atoms with Crippen LogP contribution in [0.25, 0.3) is 0 Å². The molecule has 0 N–H and O–H groups in total. The molecule has 33 heavy (non-hydrogen) atoms. The molecule has 1 fully saturated rings. The van der Waals surface area contributed by atoms with E-state index in [9.17, 15) is 22.8 Å². The Morgan fingerprint density at radius 1 is 1.09 bits per heavy atom. The van der Waals surface area contributed by atoms with Gasteiger partial charge in [-0.2, -0.15) is 0 Å². The molecule has 1 amide bonds. The molecule has 0 saturated carbocycles. The number of likely N-dealkylation sites (tertiary alicyclic amines) is 1. The van der Waals surface area contributed by atoms with Crippen LogP contribution in [0.15, 0.2) is 24.3 Å². The third kappa shape index (κ3) is 8.34. The molecule has 2 rings (SSSR count). The second-order valence-corrected chi connectivity index (χ2v) is 11.2. The quantitative estimate of drug-likeness (QED) is 0.409. The highest BCUT2D eigenvalue weighted by Crippen LogP contribution is 2.22. The second kappa shape index (κ2) is 11.0. The van der Waals surface area contributed by atoms with Gasteiger partial charge in [0.2, 0.25) is 0 Å². The lowest BCUT2D eigenvalue weighted by atomic mass is 10.1. The largest absolute Gasteiger partial charge is 0.490 e. The lowest BCUT2D eigenvalue weighted by Crippen LogP contribution is -2.44. The maximum atomic E-state index is 12.8. The third-order valence-corrected chi connectivity index (χ3v) is 6.42. The normalized spacial score (nSPS) is 16.1. The van der Waals surface area contributed by atoms with Crippen molar-refractivity contribution < 1.29 is 37.0 Å². The fourth-order valence-electron chi connectivity index (χ4n) is 3.37. The van der Waals surface area contributed by atoms with E-state index in [0.29, 0.717) is 31.7 Å². The van der Waals surface area contributed by atoms with Gasteiger partial charge in [-0.3, -0.25) is 9.59 Å². The molecule has 1 aromatic rings. The van der Waals surface area contributed by atoms with Gasteiger partial charge in [0.1, 0.15) is 22.7 Å². The fraction of sp³-hybridized carbons (Fsp3) is 0.609. The fourth-order valence-corrected chi connectivity index (χ4v) is 4.33. The summed E-state index contributed by atoms with van der Waals surface area (Å²) in [6.45, 7) is 8.21. The maximum Gasteiger partial charge on any atom is 0.410 e. The predicted octanol–water partition coefficient (Wildman–Crippen LogP) is 3.01. The molecule has 9 nitrogen and oxygen atoms in total. The Balaban J connectivity index is 1.96. The summed E-state index contributed by atoms with van der Waals surface area (Å²) >= 11 is 0. The Morgan fingerprint density at radius 3 is 2.15 bits per heavy atom. The van der Waals surface area contributed by atoms with Gasteiger partial charge in [0.25, 0.3) is 0 Å². The number of amides is 1. The summed E-state index contributed by atoms with van der Waals surface area (Å²) in [5.41, 5.74) is -0.377. The van der Waals surface area contributed by atoms with Gasteiger partial charge in [-0.05, 0) is 52.0 Å². The zero-order chi connectivity index (χ0) is 24.8. The van der Waals surface area contributed by atoms with Gasteiger partial charge in [-0.1, -0.05) is 0 Å². The molecule has 1 unspecified atom stereocenters. The van der Waals surface area contributed by atoms with Crippen LogP contribution < -0.4 is 4.74 Å². The predicted molar refractivity (Wildman–Crippen MR) is 122 cm³/mol. The highest BCUT2D eigenvalue weighted by atomic mass is 32.2. The number of sulfone groups is 1. The number of rotatable bonds is 8. The SMILES string of the molecule is CCOC(=O)CC(C(=O)c1ccc(OC2CCN(C(=O)OC(C)(C)C)CC2)cc1)S(C)(=O)=O. The van der Waals surface area contributed by atoms with Crippen molar-refractivity contribution in [2.24, 2.45) is 0 Å². The summed E-state index contributed by atoms with van der Waals surface area (Å²) in [6.07, 6.45) is 1.23. The summed E-state index contributed by atoms with van der Waals surface area (Å²) in [5.74, 6) is -0.870. The van der Waals surface area contributed by atoms with Crippen LogP contribution in [-0.4, -0.2) is 74.1 Å². The summed E-state index contributed by atoms with van der Waals surface area (Å²) in [5, 5.41) is -1.50. The molecule has 184 valence electrons. The minimum atomic E-state index is -3.81. The van der Waals surface area contributed by atoms with Crippen LogP contribution in [0.3, 0.4) is 0 Å². The van der Waals surface area contributed by atoms with Crippen molar-refractivity contribution in [3.05, 3.63) is 29.8 Å². The van der Waals surface area contributed by atoms with E-state index in [1.54, 1.807) is 24.0 Å². The molecule has 1 aliphatic rings. The number of ketones is 1. The van der Waals surface area contributed by atoms with Crippen molar-refractivity contribution >= 4 is 27.7 Å². The Morgan fingerprint density at radius 2 is 1.67 bits per heavy atom. The molecule has 1 heterocycles. The van der Waals surface area contributed by atoms with Gasteiger partial charge in [-0.15, -0.1) is 0 Å². The molecule has 0 spiro atoms. The monoisotopic (exact) mass is 483 g/mol. The molecule has 1 saturated heterocycles. The van der Waals surface area contributed by atoms with Crippen molar-refractivity contribution in [1.82, 2.24) is 4.90 Å². The Kier molecular flexibility index (Phi) is 8.88. The van der Waals surface area contributed by atoms with Crippen molar-refractivity contribution in [1.29, 1.82) is 0 Å². The highest BCUT2D eigenvalue weighted by Gasteiger charge is 2.33. The number of piperidine rings is 1. The van der Waals surface area contributed by atoms with Gasteiger partial charge in [0.05, 0.1) is 13.0 Å². The standard InChI is InChI=1S/C23H33NO8S/c1-6-30-20(25)15-19(33(5,28)29)21(26)16-7-9-17(10-8-16)31-18-11-13-24(14-12-18)22(27)32-23(2,3)4/h7-10,18-19H,6,11-15H2,1-5H3. The first-order valence-corrected chi connectivity index (χ1v) is 12.9. The van der Waals surface area contributed by atoms with E-state index >= 15 is 0 Å². The first-order chi connectivity index (χ1) is 15.3. The smallest absolute Gasteiger partial charge is 0.410 e. The number of Topliss-reactive ketones (excluding diaryl/α,β-unsaturated/α-hetero) is 1. The molecule has 10 heteroatoms. The molecule has 0 bridgehead atoms. The van der Waals surface area contributed by atoms with Crippen molar-refractivity contribution in [3.63, 3.8) is 0 Å². The zero-order valence-electron chi connectivity index (χ0n) is 19.8. The summed E-state index contributed by atoms with van der Waals surface area (Å²) < 4.78 is 40.3.